The minimum atomic E-state index is -0.127. The van der Waals surface area contributed by atoms with Crippen LogP contribution in [0.5, 0.6) is 11.5 Å². The Kier molecular flexibility index (Phi) is 8.69. The van der Waals surface area contributed by atoms with Gasteiger partial charge in [-0.3, -0.25) is 19.4 Å². The van der Waals surface area contributed by atoms with Crippen molar-refractivity contribution >= 4 is 23.4 Å². The van der Waals surface area contributed by atoms with Crippen LogP contribution < -0.4 is 9.47 Å². The van der Waals surface area contributed by atoms with Gasteiger partial charge in [0, 0.05) is 37.0 Å². The smallest absolute Gasteiger partial charge is 0.229 e. The Hall–Kier alpha value is -2.57. The molecule has 0 unspecified atom stereocenters. The van der Waals surface area contributed by atoms with E-state index in [9.17, 15) is 9.59 Å². The number of amides is 2. The Morgan fingerprint density at radius 2 is 1.71 bits per heavy atom. The van der Waals surface area contributed by atoms with E-state index in [1.807, 2.05) is 24.3 Å². The fourth-order valence-electron chi connectivity index (χ4n) is 5.12. The highest BCUT2D eigenvalue weighted by atomic mass is 35.5. The molecule has 4 rings (SSSR count). The summed E-state index contributed by atoms with van der Waals surface area (Å²) in [6.45, 7) is 4.62. The van der Waals surface area contributed by atoms with Crippen molar-refractivity contribution in [1.29, 1.82) is 0 Å². The van der Waals surface area contributed by atoms with Gasteiger partial charge in [0.15, 0.2) is 11.5 Å². The molecular formula is C28H35ClN2O4. The first kappa shape index (κ1) is 25.5. The second-order valence-electron chi connectivity index (χ2n) is 9.58. The number of ether oxygens (including phenoxy) is 2. The van der Waals surface area contributed by atoms with Crippen LogP contribution in [0, 0.1) is 5.92 Å². The maximum atomic E-state index is 11.8. The van der Waals surface area contributed by atoms with E-state index in [2.05, 4.69) is 30.0 Å². The van der Waals surface area contributed by atoms with Crippen LogP contribution in [0.15, 0.2) is 42.5 Å². The maximum Gasteiger partial charge on any atom is 0.229 e. The molecule has 0 spiro atoms. The third kappa shape index (κ3) is 6.56. The summed E-state index contributed by atoms with van der Waals surface area (Å²) in [5.74, 6) is 1.74. The van der Waals surface area contributed by atoms with E-state index < -0.39 is 0 Å². The molecule has 0 radical (unpaired) electrons. The van der Waals surface area contributed by atoms with Gasteiger partial charge in [0.1, 0.15) is 6.61 Å². The van der Waals surface area contributed by atoms with Gasteiger partial charge in [-0.15, -0.1) is 0 Å². The average molecular weight is 499 g/mol. The van der Waals surface area contributed by atoms with E-state index in [0.29, 0.717) is 24.3 Å². The van der Waals surface area contributed by atoms with Crippen LogP contribution in [-0.4, -0.2) is 48.4 Å². The summed E-state index contributed by atoms with van der Waals surface area (Å²) in [6.07, 6.45) is 5.82. The molecule has 1 saturated carbocycles. The molecule has 1 saturated heterocycles. The second kappa shape index (κ2) is 11.9. The quantitative estimate of drug-likeness (QED) is 0.376. The van der Waals surface area contributed by atoms with Crippen molar-refractivity contribution in [2.45, 2.75) is 58.0 Å². The van der Waals surface area contributed by atoms with Gasteiger partial charge in [-0.1, -0.05) is 42.6 Å². The van der Waals surface area contributed by atoms with Crippen molar-refractivity contribution in [2.24, 2.45) is 5.92 Å². The molecule has 7 heteroatoms. The van der Waals surface area contributed by atoms with Crippen LogP contribution in [0.3, 0.4) is 0 Å². The second-order valence-corrected chi connectivity index (χ2v) is 10.0. The summed E-state index contributed by atoms with van der Waals surface area (Å²) < 4.78 is 11.5. The molecule has 1 atom stereocenters. The van der Waals surface area contributed by atoms with Crippen molar-refractivity contribution < 1.29 is 19.1 Å². The van der Waals surface area contributed by atoms with Crippen molar-refractivity contribution in [1.82, 2.24) is 9.80 Å². The Labute approximate surface area is 213 Å². The molecule has 2 aliphatic rings. The maximum absolute atomic E-state index is 11.8. The lowest BCUT2D eigenvalue weighted by Gasteiger charge is -2.32. The Morgan fingerprint density at radius 3 is 2.37 bits per heavy atom. The SMILES string of the molecule is COc1cc(CN(CC2CCCC2)[C@@H](C)c2ccc(Cl)cc2)ccc1OCCN1C(=O)CCC1=O. The van der Waals surface area contributed by atoms with Crippen LogP contribution in [-0.2, 0) is 16.1 Å². The van der Waals surface area contributed by atoms with Gasteiger partial charge in [-0.2, -0.15) is 0 Å². The summed E-state index contributed by atoms with van der Waals surface area (Å²) in [4.78, 5) is 27.4. The zero-order valence-electron chi connectivity index (χ0n) is 20.7. The molecule has 2 amide bonds. The molecular weight excluding hydrogens is 464 g/mol. The predicted octanol–water partition coefficient (Wildman–Crippen LogP) is 5.63. The average Bonchev–Trinajstić information content (AvgIpc) is 3.49. The van der Waals surface area contributed by atoms with E-state index in [4.69, 9.17) is 21.1 Å². The molecule has 1 aliphatic carbocycles. The standard InChI is InChI=1S/C28H35ClN2O4/c1-20(23-8-10-24(29)11-9-23)30(18-21-5-3-4-6-21)19-22-7-12-25(26(17-22)34-2)35-16-15-31-27(32)13-14-28(31)33/h7-12,17,20-21H,3-6,13-16,18-19H2,1-2H3/t20-/m0/s1. The summed E-state index contributed by atoms with van der Waals surface area (Å²) >= 11 is 6.12. The zero-order chi connectivity index (χ0) is 24.8. The van der Waals surface area contributed by atoms with Crippen molar-refractivity contribution in [3.63, 3.8) is 0 Å². The molecule has 2 aromatic rings. The number of carbonyl (C=O) groups excluding carboxylic acids is 2. The lowest BCUT2D eigenvalue weighted by Crippen LogP contribution is -2.33. The molecule has 0 bridgehead atoms. The summed E-state index contributed by atoms with van der Waals surface area (Å²) in [7, 11) is 1.63. The monoisotopic (exact) mass is 498 g/mol. The number of carbonyl (C=O) groups is 2. The molecule has 1 heterocycles. The van der Waals surface area contributed by atoms with E-state index in [-0.39, 0.29) is 31.0 Å². The molecule has 35 heavy (non-hydrogen) atoms. The first-order valence-corrected chi connectivity index (χ1v) is 12.9. The summed E-state index contributed by atoms with van der Waals surface area (Å²) in [5.41, 5.74) is 2.41. The Balaban J connectivity index is 1.44. The highest BCUT2D eigenvalue weighted by Crippen LogP contribution is 2.33. The number of imide groups is 1. The third-order valence-corrected chi connectivity index (χ3v) is 7.46. The fraction of sp³-hybridized carbons (Fsp3) is 0.500. The number of hydrogen-bond donors (Lipinski definition) is 0. The molecule has 6 nitrogen and oxygen atoms in total. The van der Waals surface area contributed by atoms with E-state index >= 15 is 0 Å². The van der Waals surface area contributed by atoms with Crippen molar-refractivity contribution in [3.05, 3.63) is 58.6 Å². The number of rotatable bonds is 11. The zero-order valence-corrected chi connectivity index (χ0v) is 21.4. The van der Waals surface area contributed by atoms with Gasteiger partial charge < -0.3 is 9.47 Å². The largest absolute Gasteiger partial charge is 0.493 e. The highest BCUT2D eigenvalue weighted by molar-refractivity contribution is 6.30. The topological polar surface area (TPSA) is 59.1 Å². The van der Waals surface area contributed by atoms with Gasteiger partial charge in [-0.25, -0.2) is 0 Å². The van der Waals surface area contributed by atoms with E-state index in [0.717, 1.165) is 29.6 Å². The van der Waals surface area contributed by atoms with Gasteiger partial charge >= 0.3 is 0 Å². The first-order valence-electron chi connectivity index (χ1n) is 12.6. The molecule has 0 N–H and O–H groups in total. The molecule has 2 aromatic carbocycles. The molecule has 1 aliphatic heterocycles. The van der Waals surface area contributed by atoms with Crippen LogP contribution in [0.25, 0.3) is 0 Å². The number of likely N-dealkylation sites (tertiary alicyclic amines) is 1. The summed E-state index contributed by atoms with van der Waals surface area (Å²) in [6, 6.07) is 14.4. The number of hydrogen-bond acceptors (Lipinski definition) is 5. The van der Waals surface area contributed by atoms with Crippen LogP contribution in [0.4, 0.5) is 0 Å². The minimum Gasteiger partial charge on any atom is -0.493 e. The molecule has 188 valence electrons. The lowest BCUT2D eigenvalue weighted by atomic mass is 10.0. The van der Waals surface area contributed by atoms with Gasteiger partial charge in [0.25, 0.3) is 0 Å². The fourth-order valence-corrected chi connectivity index (χ4v) is 5.25. The van der Waals surface area contributed by atoms with Gasteiger partial charge in [-0.05, 0) is 61.1 Å². The highest BCUT2D eigenvalue weighted by Gasteiger charge is 2.28. The number of halogens is 1. The third-order valence-electron chi connectivity index (χ3n) is 7.21. The van der Waals surface area contributed by atoms with Crippen molar-refractivity contribution in [3.8, 4) is 11.5 Å². The van der Waals surface area contributed by atoms with E-state index in [1.165, 1.54) is 36.1 Å². The normalized spacial score (nSPS) is 17.4. The first-order chi connectivity index (χ1) is 16.9. The van der Waals surface area contributed by atoms with Crippen LogP contribution in [0.2, 0.25) is 5.02 Å². The van der Waals surface area contributed by atoms with Crippen LogP contribution >= 0.6 is 11.6 Å². The number of methoxy groups -OCH3 is 1. The predicted molar refractivity (Wildman–Crippen MR) is 137 cm³/mol. The number of benzene rings is 2. The molecule has 2 fully saturated rings. The Morgan fingerprint density at radius 1 is 1.03 bits per heavy atom. The minimum absolute atomic E-state index is 0.127. The molecule has 0 aromatic heterocycles. The summed E-state index contributed by atoms with van der Waals surface area (Å²) in [5, 5.41) is 0.752. The van der Waals surface area contributed by atoms with Crippen LogP contribution in [0.1, 0.15) is 62.6 Å². The van der Waals surface area contributed by atoms with Gasteiger partial charge in [0.05, 0.1) is 13.7 Å². The Bertz CT molecular complexity index is 1000. The van der Waals surface area contributed by atoms with E-state index in [1.54, 1.807) is 7.11 Å². The lowest BCUT2D eigenvalue weighted by molar-refractivity contribution is -0.138. The van der Waals surface area contributed by atoms with Gasteiger partial charge in [0.2, 0.25) is 11.8 Å². The number of nitrogens with zero attached hydrogens (tertiary/aromatic N) is 2. The van der Waals surface area contributed by atoms with Crippen molar-refractivity contribution in [2.75, 3.05) is 26.8 Å².